The third kappa shape index (κ3) is 3.54. The Hall–Kier alpha value is -3.65. The molecule has 2 N–H and O–H groups in total. The molecule has 4 heterocycles. The maximum atomic E-state index is 15.3. The molecule has 2 bridgehead atoms. The lowest BCUT2D eigenvalue weighted by Gasteiger charge is -2.40. The van der Waals surface area contributed by atoms with Gasteiger partial charge in [0.05, 0.1) is 17.8 Å². The minimum absolute atomic E-state index is 0.0455. The first-order valence-electron chi connectivity index (χ1n) is 11.5. The number of benzene rings is 1. The third-order valence-corrected chi connectivity index (χ3v) is 7.03. The summed E-state index contributed by atoms with van der Waals surface area (Å²) in [5.41, 5.74) is 0.984. The molecule has 10 nitrogen and oxygen atoms in total. The first kappa shape index (κ1) is 20.9. The van der Waals surface area contributed by atoms with Crippen molar-refractivity contribution in [2.75, 3.05) is 4.90 Å². The van der Waals surface area contributed by atoms with Crippen LogP contribution in [0.2, 0.25) is 0 Å². The topological polar surface area (TPSA) is 129 Å². The fourth-order valence-electron chi connectivity index (χ4n) is 5.20. The van der Waals surface area contributed by atoms with Crippen LogP contribution in [-0.4, -0.2) is 65.4 Å². The number of aromatic nitrogens is 6. The number of halogens is 1. The third-order valence-electron chi connectivity index (χ3n) is 7.03. The van der Waals surface area contributed by atoms with E-state index in [-0.39, 0.29) is 35.5 Å². The molecule has 0 radical (unpaired) electrons. The smallest absolute Gasteiger partial charge is 0.231 e. The molecule has 0 unspecified atom stereocenters. The standard InChI is InChI=1S/C23H24FN9O/c1-32-19(10-25)28-22(31-32)12-2-6-15(18(34)8-12)23-26-11-20(29-30-23)33(14-4-5-14)17-9-13-3-7-16(27-13)21(17)24/h2,6,8,11,13-14,16-17,21,27,34H,3-5,7,9H2,1H3/t13-,16+,17-,21+/m0/s1. The van der Waals surface area contributed by atoms with Crippen molar-refractivity contribution in [3.63, 3.8) is 0 Å². The van der Waals surface area contributed by atoms with Gasteiger partial charge in [-0.3, -0.25) is 0 Å². The maximum absolute atomic E-state index is 15.3. The average molecular weight is 462 g/mol. The van der Waals surface area contributed by atoms with Gasteiger partial charge in [0.1, 0.15) is 18.0 Å². The fourth-order valence-corrected chi connectivity index (χ4v) is 5.20. The summed E-state index contributed by atoms with van der Waals surface area (Å²) in [5.74, 6) is 1.33. The number of nitrogens with one attached hydrogen (secondary N) is 1. The van der Waals surface area contributed by atoms with E-state index < -0.39 is 6.17 Å². The predicted octanol–water partition coefficient (Wildman–Crippen LogP) is 2.11. The Morgan fingerprint density at radius 1 is 1.21 bits per heavy atom. The highest BCUT2D eigenvalue weighted by Gasteiger charge is 2.48. The van der Waals surface area contributed by atoms with Crippen molar-refractivity contribution >= 4 is 5.82 Å². The number of fused-ring (bicyclic) bond motifs is 2. The van der Waals surface area contributed by atoms with E-state index in [0.29, 0.717) is 28.8 Å². The van der Waals surface area contributed by atoms with Gasteiger partial charge in [-0.2, -0.15) is 15.3 Å². The lowest BCUT2D eigenvalue weighted by Crippen LogP contribution is -2.57. The minimum atomic E-state index is -0.945. The molecule has 34 heavy (non-hydrogen) atoms. The molecule has 1 saturated carbocycles. The van der Waals surface area contributed by atoms with Crippen LogP contribution in [0.4, 0.5) is 10.2 Å². The second-order valence-electron chi connectivity index (χ2n) is 9.30. The lowest BCUT2D eigenvalue weighted by atomic mass is 9.96. The first-order chi connectivity index (χ1) is 16.5. The largest absolute Gasteiger partial charge is 0.507 e. The van der Waals surface area contributed by atoms with E-state index in [1.165, 1.54) is 10.7 Å². The van der Waals surface area contributed by atoms with Gasteiger partial charge in [0.25, 0.3) is 0 Å². The van der Waals surface area contributed by atoms with Crippen molar-refractivity contribution in [3.05, 3.63) is 30.2 Å². The summed E-state index contributed by atoms with van der Waals surface area (Å²) in [5, 5.41) is 36.0. The van der Waals surface area contributed by atoms with Crippen molar-refractivity contribution in [2.45, 2.75) is 62.4 Å². The Labute approximate surface area is 195 Å². The summed E-state index contributed by atoms with van der Waals surface area (Å²) in [6.07, 6.45) is 5.38. The highest BCUT2D eigenvalue weighted by atomic mass is 19.1. The van der Waals surface area contributed by atoms with Crippen LogP contribution < -0.4 is 10.2 Å². The zero-order valence-corrected chi connectivity index (χ0v) is 18.6. The molecular formula is C23H24FN9O. The Kier molecular flexibility index (Phi) is 4.91. The molecular weight excluding hydrogens is 437 g/mol. The molecule has 2 aromatic heterocycles. The molecule has 3 aromatic rings. The number of rotatable bonds is 5. The van der Waals surface area contributed by atoms with Gasteiger partial charge < -0.3 is 15.3 Å². The Bertz CT molecular complexity index is 1270. The van der Waals surface area contributed by atoms with Crippen LogP contribution in [0.5, 0.6) is 5.75 Å². The molecule has 2 saturated heterocycles. The SMILES string of the molecule is Cn1nc(-c2ccc(-c3ncc(N(C4CC4)[C@H]4C[C@@H]5CC[C@@H](N5)[C@H]4F)nn3)c(O)c2)nc1C#N. The molecule has 1 aliphatic carbocycles. The van der Waals surface area contributed by atoms with Gasteiger partial charge in [-0.25, -0.2) is 14.1 Å². The van der Waals surface area contributed by atoms with Crippen LogP contribution in [0.25, 0.3) is 22.8 Å². The summed E-state index contributed by atoms with van der Waals surface area (Å²) < 4.78 is 16.6. The number of anilines is 1. The summed E-state index contributed by atoms with van der Waals surface area (Å²) >= 11 is 0. The van der Waals surface area contributed by atoms with Gasteiger partial charge in [-0.1, -0.05) is 6.07 Å². The van der Waals surface area contributed by atoms with E-state index in [9.17, 15) is 5.11 Å². The van der Waals surface area contributed by atoms with Crippen LogP contribution in [0, 0.1) is 11.3 Å². The van der Waals surface area contributed by atoms with Crippen molar-refractivity contribution in [3.8, 4) is 34.6 Å². The maximum Gasteiger partial charge on any atom is 0.231 e. The predicted molar refractivity (Wildman–Crippen MR) is 120 cm³/mol. The normalized spacial score (nSPS) is 25.8. The molecule has 1 aromatic carbocycles. The van der Waals surface area contributed by atoms with E-state index in [1.54, 1.807) is 25.4 Å². The number of piperidine rings is 1. The van der Waals surface area contributed by atoms with E-state index in [2.05, 4.69) is 35.5 Å². The highest BCUT2D eigenvalue weighted by Crippen LogP contribution is 2.40. The van der Waals surface area contributed by atoms with Crippen LogP contribution in [-0.2, 0) is 7.05 Å². The molecule has 174 valence electrons. The molecule has 0 amide bonds. The number of nitrogens with zero attached hydrogens (tertiary/aromatic N) is 8. The van der Waals surface area contributed by atoms with Gasteiger partial charge >= 0.3 is 0 Å². The van der Waals surface area contributed by atoms with Crippen LogP contribution in [0.3, 0.4) is 0 Å². The number of phenols is 1. The molecule has 2 aliphatic heterocycles. The van der Waals surface area contributed by atoms with Gasteiger partial charge in [-0.05, 0) is 44.2 Å². The van der Waals surface area contributed by atoms with Gasteiger partial charge in [0.15, 0.2) is 17.5 Å². The molecule has 11 heteroatoms. The fraction of sp³-hybridized carbons (Fsp3) is 0.478. The van der Waals surface area contributed by atoms with E-state index in [4.69, 9.17) is 5.26 Å². The summed E-state index contributed by atoms with van der Waals surface area (Å²) in [6.45, 7) is 0. The van der Waals surface area contributed by atoms with Crippen molar-refractivity contribution in [1.29, 1.82) is 5.26 Å². The molecule has 6 rings (SSSR count). The summed E-state index contributed by atoms with van der Waals surface area (Å²) in [7, 11) is 1.63. The van der Waals surface area contributed by atoms with Gasteiger partial charge in [0.2, 0.25) is 5.82 Å². The number of hydrogen-bond donors (Lipinski definition) is 2. The van der Waals surface area contributed by atoms with E-state index in [1.807, 2.05) is 6.07 Å². The lowest BCUT2D eigenvalue weighted by molar-refractivity contribution is 0.171. The van der Waals surface area contributed by atoms with Crippen LogP contribution in [0.1, 0.15) is 37.9 Å². The number of hydrogen-bond acceptors (Lipinski definition) is 9. The second kappa shape index (κ2) is 7.99. The highest BCUT2D eigenvalue weighted by molar-refractivity contribution is 5.70. The average Bonchev–Trinajstić information content (AvgIpc) is 3.48. The van der Waals surface area contributed by atoms with E-state index in [0.717, 1.165) is 32.1 Å². The van der Waals surface area contributed by atoms with Gasteiger partial charge in [-0.15, -0.1) is 10.2 Å². The zero-order chi connectivity index (χ0) is 23.4. The molecule has 3 fully saturated rings. The summed E-state index contributed by atoms with van der Waals surface area (Å²) in [4.78, 5) is 10.7. The van der Waals surface area contributed by atoms with Crippen molar-refractivity contribution in [1.82, 2.24) is 35.3 Å². The van der Waals surface area contributed by atoms with Crippen molar-refractivity contribution in [2.24, 2.45) is 7.05 Å². The number of aromatic hydroxyl groups is 1. The molecule has 4 atom stereocenters. The zero-order valence-electron chi connectivity index (χ0n) is 18.6. The minimum Gasteiger partial charge on any atom is -0.507 e. The number of alkyl halides is 1. The molecule has 0 spiro atoms. The van der Waals surface area contributed by atoms with Crippen LogP contribution in [0.15, 0.2) is 24.4 Å². The Balaban J connectivity index is 1.26. The van der Waals surface area contributed by atoms with E-state index >= 15 is 4.39 Å². The molecule has 3 aliphatic rings. The number of phenolic OH excluding ortho intramolecular Hbond substituents is 1. The second-order valence-corrected chi connectivity index (χ2v) is 9.30. The number of aryl methyl sites for hydroxylation is 1. The first-order valence-corrected chi connectivity index (χ1v) is 11.5. The number of nitriles is 1. The summed E-state index contributed by atoms with van der Waals surface area (Å²) in [6, 6.07) is 7.22. The van der Waals surface area contributed by atoms with Gasteiger partial charge in [0, 0.05) is 30.7 Å². The monoisotopic (exact) mass is 461 g/mol. The van der Waals surface area contributed by atoms with Crippen molar-refractivity contribution < 1.29 is 9.50 Å². The van der Waals surface area contributed by atoms with Crippen LogP contribution >= 0.6 is 0 Å². The Morgan fingerprint density at radius 3 is 2.74 bits per heavy atom. The quantitative estimate of drug-likeness (QED) is 0.587. The Morgan fingerprint density at radius 2 is 2.06 bits per heavy atom.